The van der Waals surface area contributed by atoms with Crippen LogP contribution in [-0.4, -0.2) is 81.7 Å². The van der Waals surface area contributed by atoms with Crippen LogP contribution in [0.4, 0.5) is 36.4 Å². The van der Waals surface area contributed by atoms with Gasteiger partial charge < -0.3 is 10.6 Å². The fraction of sp³-hybridized carbons (Fsp3) is 0.351. The highest BCUT2D eigenvalue weighted by molar-refractivity contribution is 7.89. The minimum absolute atomic E-state index is 0.0620. The monoisotopic (exact) mass is 890 g/mol. The van der Waals surface area contributed by atoms with Crippen molar-refractivity contribution >= 4 is 37.5 Å². The zero-order valence-corrected chi connectivity index (χ0v) is 32.7. The van der Waals surface area contributed by atoms with Crippen molar-refractivity contribution in [3.05, 3.63) is 113 Å². The predicted octanol–water partition coefficient (Wildman–Crippen LogP) is 4.82. The minimum atomic E-state index is -4.77. The van der Waals surface area contributed by atoms with Crippen LogP contribution in [0.3, 0.4) is 0 Å². The van der Waals surface area contributed by atoms with E-state index in [1.165, 1.54) is 24.3 Å². The molecule has 0 aromatic heterocycles. The van der Waals surface area contributed by atoms with Gasteiger partial charge in [-0.2, -0.15) is 35.0 Å². The van der Waals surface area contributed by atoms with Gasteiger partial charge in [0, 0.05) is 62.1 Å². The Bertz CT molecular complexity index is 2360. The first-order valence-corrected chi connectivity index (χ1v) is 21.0. The van der Waals surface area contributed by atoms with E-state index in [1.807, 2.05) is 0 Å². The van der Waals surface area contributed by atoms with Gasteiger partial charge in [-0.3, -0.25) is 30.2 Å². The number of rotatable bonds is 15. The van der Waals surface area contributed by atoms with Gasteiger partial charge in [-0.1, -0.05) is 12.1 Å². The summed E-state index contributed by atoms with van der Waals surface area (Å²) in [6.45, 7) is -1.04. The molecule has 324 valence electrons. The Hall–Kier alpha value is -5.07. The second-order valence-corrected chi connectivity index (χ2v) is 17.7. The number of anilines is 1. The van der Waals surface area contributed by atoms with Gasteiger partial charge in [-0.15, -0.1) is 0 Å². The molecule has 2 unspecified atom stereocenters. The first-order chi connectivity index (χ1) is 28.2. The summed E-state index contributed by atoms with van der Waals surface area (Å²) in [6, 6.07) is 11.0. The number of benzene rings is 3. The number of hydrogen-bond donors (Lipinski definition) is 4. The number of hydroxylamine groups is 2. The van der Waals surface area contributed by atoms with Crippen LogP contribution in [0.25, 0.3) is 0 Å². The van der Waals surface area contributed by atoms with E-state index in [1.54, 1.807) is 0 Å². The predicted molar refractivity (Wildman–Crippen MR) is 198 cm³/mol. The summed E-state index contributed by atoms with van der Waals surface area (Å²) in [5.41, 5.74) is 3.43. The molecule has 6 rings (SSSR count). The lowest BCUT2D eigenvalue weighted by atomic mass is 10.1. The molecule has 1 fully saturated rings. The maximum atomic E-state index is 13.8. The number of halogens is 7. The van der Waals surface area contributed by atoms with Gasteiger partial charge in [0.05, 0.1) is 20.9 Å². The molecule has 0 saturated heterocycles. The number of carbonyl (C=O) groups is 2. The van der Waals surface area contributed by atoms with E-state index < -0.39 is 83.2 Å². The molecule has 2 amide bonds. The normalized spacial score (nSPS) is 18.1. The number of amides is 2. The van der Waals surface area contributed by atoms with Crippen LogP contribution < -0.4 is 21.6 Å². The summed E-state index contributed by atoms with van der Waals surface area (Å²) in [7, 11) is -8.73. The summed E-state index contributed by atoms with van der Waals surface area (Å²) in [6.07, 6.45) is -9.32. The van der Waals surface area contributed by atoms with Crippen molar-refractivity contribution in [1.82, 2.24) is 24.9 Å². The molecule has 2 heterocycles. The molecule has 2 atom stereocenters. The minimum Gasteiger partial charge on any atom is -0.351 e. The second kappa shape index (κ2) is 17.9. The number of carbonyl (C=O) groups excluding carboxylic acids is 2. The van der Waals surface area contributed by atoms with Crippen molar-refractivity contribution in [1.29, 1.82) is 0 Å². The summed E-state index contributed by atoms with van der Waals surface area (Å²) < 4.78 is 148. The summed E-state index contributed by atoms with van der Waals surface area (Å²) >= 11 is 0. The highest BCUT2D eigenvalue weighted by Gasteiger charge is 2.41. The van der Waals surface area contributed by atoms with Gasteiger partial charge in [-0.25, -0.2) is 21.2 Å². The summed E-state index contributed by atoms with van der Waals surface area (Å²) in [5, 5.41) is 5.22. The van der Waals surface area contributed by atoms with Crippen molar-refractivity contribution in [3.8, 4) is 0 Å². The highest BCUT2D eigenvalue weighted by atomic mass is 32.2. The number of nitrogens with one attached hydrogen (secondary N) is 4. The van der Waals surface area contributed by atoms with Crippen LogP contribution in [0.2, 0.25) is 0 Å². The fourth-order valence-electron chi connectivity index (χ4n) is 5.93. The Morgan fingerprint density at radius 2 is 1.12 bits per heavy atom. The van der Waals surface area contributed by atoms with E-state index in [9.17, 15) is 57.2 Å². The molecule has 14 nitrogen and oxygen atoms in total. The molecule has 3 aliphatic rings. The van der Waals surface area contributed by atoms with E-state index in [4.69, 9.17) is 9.68 Å². The smallest absolute Gasteiger partial charge is 0.351 e. The third kappa shape index (κ3) is 11.0. The third-order valence-electron chi connectivity index (χ3n) is 9.40. The molecule has 2 aliphatic heterocycles. The first-order valence-electron chi connectivity index (χ1n) is 18.1. The summed E-state index contributed by atoms with van der Waals surface area (Å²) in [4.78, 5) is 37.8. The van der Waals surface area contributed by atoms with E-state index >= 15 is 0 Å². The zero-order chi connectivity index (χ0) is 43.5. The van der Waals surface area contributed by atoms with Gasteiger partial charge in [0.1, 0.15) is 5.82 Å². The van der Waals surface area contributed by atoms with E-state index in [2.05, 4.69) is 21.6 Å². The van der Waals surface area contributed by atoms with Crippen LogP contribution in [0.1, 0.15) is 36.8 Å². The largest absolute Gasteiger partial charge is 0.416 e. The Labute approximate surface area is 339 Å². The SMILES string of the molecule is O=C(Nc1ccc(F)cc1)C(ONC1=CCN(S(=O)(=O)c2cccc(C(F)(F)F)c2)CC1)C(ONC1=CCN(S(=O)(=O)c2cccc(C(F)(F)F)c2)CC1)C(=O)NC1CC1. The molecule has 0 bridgehead atoms. The molecule has 3 aromatic rings. The number of nitrogens with zero attached hydrogens (tertiary/aromatic N) is 2. The van der Waals surface area contributed by atoms with Gasteiger partial charge in [0.15, 0.2) is 0 Å². The van der Waals surface area contributed by atoms with Crippen molar-refractivity contribution in [2.24, 2.45) is 0 Å². The van der Waals surface area contributed by atoms with Crippen molar-refractivity contribution in [2.45, 2.75) is 66.1 Å². The van der Waals surface area contributed by atoms with Gasteiger partial charge >= 0.3 is 12.4 Å². The Morgan fingerprint density at radius 3 is 1.52 bits per heavy atom. The number of sulfonamides is 2. The molecular weight excluding hydrogens is 854 g/mol. The molecule has 1 aliphatic carbocycles. The quantitative estimate of drug-likeness (QED) is 0.122. The lowest BCUT2D eigenvalue weighted by Gasteiger charge is -2.30. The van der Waals surface area contributed by atoms with E-state index in [-0.39, 0.29) is 62.1 Å². The molecule has 0 spiro atoms. The van der Waals surface area contributed by atoms with Gasteiger partial charge in [-0.05, 0) is 85.7 Å². The van der Waals surface area contributed by atoms with Crippen LogP contribution in [0.15, 0.2) is 106 Å². The van der Waals surface area contributed by atoms with E-state index in [0.717, 1.165) is 57.1 Å². The lowest BCUT2D eigenvalue weighted by Crippen LogP contribution is -2.54. The molecule has 4 N–H and O–H groups in total. The average Bonchev–Trinajstić information content (AvgIpc) is 4.03. The van der Waals surface area contributed by atoms with E-state index in [0.29, 0.717) is 25.0 Å². The number of hydrogen-bond acceptors (Lipinski definition) is 10. The van der Waals surface area contributed by atoms with Gasteiger partial charge in [0.2, 0.25) is 32.3 Å². The third-order valence-corrected chi connectivity index (χ3v) is 13.1. The average molecular weight is 891 g/mol. The Balaban J connectivity index is 1.18. The molecule has 23 heteroatoms. The first kappa shape index (κ1) is 44.5. The highest BCUT2D eigenvalue weighted by Crippen LogP contribution is 2.33. The van der Waals surface area contributed by atoms with Crippen LogP contribution >= 0.6 is 0 Å². The topological polar surface area (TPSA) is 175 Å². The van der Waals surface area contributed by atoms with Crippen molar-refractivity contribution in [2.75, 3.05) is 31.5 Å². The summed E-state index contributed by atoms with van der Waals surface area (Å²) in [5.74, 6) is -2.38. The lowest BCUT2D eigenvalue weighted by molar-refractivity contribution is -0.167. The molecular formula is C37H37F7N6O8S2. The second-order valence-electron chi connectivity index (χ2n) is 13.8. The van der Waals surface area contributed by atoms with Crippen molar-refractivity contribution in [3.63, 3.8) is 0 Å². The van der Waals surface area contributed by atoms with Crippen LogP contribution in [0.5, 0.6) is 0 Å². The number of alkyl halides is 6. The standard InChI is InChI=1S/C37H37F7N6O8S2/c38-25-7-9-26(10-8-25)45-34(51)32(57-47-28-13-17-49(18-14-28)59(53,54)30-5-1-3-23(21-30)36(39,40)41)33(35(52)46-27-11-12-27)58-48-29-15-19-50(20-16-29)60(55,56)31-6-2-4-24(22-31)37(42,43)44/h1-10,13,15,21-22,27,32-33,47-48H,11-12,14,16-20H2,(H,45,51)(H,46,52). The van der Waals surface area contributed by atoms with Gasteiger partial charge in [0.25, 0.3) is 11.8 Å². The van der Waals surface area contributed by atoms with Crippen molar-refractivity contribution < 1.29 is 66.8 Å². The molecule has 3 aromatic carbocycles. The zero-order valence-electron chi connectivity index (χ0n) is 31.1. The fourth-order valence-corrected chi connectivity index (χ4v) is 8.78. The Kier molecular flexibility index (Phi) is 13.3. The molecule has 60 heavy (non-hydrogen) atoms. The van der Waals surface area contributed by atoms with Crippen LogP contribution in [0, 0.1) is 5.82 Å². The Morgan fingerprint density at radius 1 is 0.667 bits per heavy atom. The van der Waals surface area contributed by atoms with Crippen LogP contribution in [-0.2, 0) is 51.7 Å². The maximum absolute atomic E-state index is 13.8. The molecule has 0 radical (unpaired) electrons. The maximum Gasteiger partial charge on any atom is 0.416 e. The molecule has 1 saturated carbocycles.